The second-order valence-corrected chi connectivity index (χ2v) is 4.32. The number of rotatable bonds is 3. The van der Waals surface area contributed by atoms with Crippen molar-refractivity contribution in [1.29, 1.82) is 5.26 Å². The van der Waals surface area contributed by atoms with Crippen molar-refractivity contribution in [2.45, 2.75) is 31.1 Å². The van der Waals surface area contributed by atoms with Crippen LogP contribution in [0.15, 0.2) is 12.3 Å². The fourth-order valence-electron chi connectivity index (χ4n) is 1.72. The van der Waals surface area contributed by atoms with E-state index in [2.05, 4.69) is 5.10 Å². The molecule has 1 aliphatic rings. The first kappa shape index (κ1) is 11.9. The van der Waals surface area contributed by atoms with Crippen LogP contribution in [0.5, 0.6) is 0 Å². The molecule has 17 heavy (non-hydrogen) atoms. The van der Waals surface area contributed by atoms with E-state index in [1.54, 1.807) is 0 Å². The van der Waals surface area contributed by atoms with Crippen molar-refractivity contribution in [3.63, 3.8) is 0 Å². The lowest BCUT2D eigenvalue weighted by atomic mass is 9.97. The molecule has 7 heteroatoms. The van der Waals surface area contributed by atoms with Crippen LogP contribution in [0.2, 0.25) is 0 Å². The SMILES string of the molecule is N#CC(N)(Cn1ccc(C(F)(F)F)n1)C1CC1. The van der Waals surface area contributed by atoms with Crippen molar-refractivity contribution in [3.8, 4) is 6.07 Å². The van der Waals surface area contributed by atoms with Gasteiger partial charge >= 0.3 is 6.18 Å². The Hall–Kier alpha value is -1.55. The van der Waals surface area contributed by atoms with Gasteiger partial charge in [-0.3, -0.25) is 4.68 Å². The van der Waals surface area contributed by atoms with Crippen LogP contribution in [0.4, 0.5) is 13.2 Å². The number of halogens is 3. The average Bonchev–Trinajstić information content (AvgIpc) is 2.99. The lowest BCUT2D eigenvalue weighted by Gasteiger charge is -2.20. The van der Waals surface area contributed by atoms with E-state index in [1.807, 2.05) is 6.07 Å². The van der Waals surface area contributed by atoms with Crippen LogP contribution in [-0.2, 0) is 12.7 Å². The lowest BCUT2D eigenvalue weighted by Crippen LogP contribution is -2.45. The molecular formula is C10H11F3N4. The highest BCUT2D eigenvalue weighted by molar-refractivity contribution is 5.14. The number of hydrogen-bond acceptors (Lipinski definition) is 3. The highest BCUT2D eigenvalue weighted by Crippen LogP contribution is 2.39. The zero-order valence-corrected chi connectivity index (χ0v) is 8.91. The van der Waals surface area contributed by atoms with Gasteiger partial charge in [0.25, 0.3) is 0 Å². The van der Waals surface area contributed by atoms with E-state index < -0.39 is 17.4 Å². The summed E-state index contributed by atoms with van der Waals surface area (Å²) in [5.41, 5.74) is 3.77. The molecule has 1 aliphatic carbocycles. The monoisotopic (exact) mass is 244 g/mol. The van der Waals surface area contributed by atoms with Gasteiger partial charge in [0.15, 0.2) is 5.69 Å². The fraction of sp³-hybridized carbons (Fsp3) is 0.600. The molecule has 1 aromatic rings. The molecule has 2 N–H and O–H groups in total. The molecule has 1 aromatic heterocycles. The largest absolute Gasteiger partial charge is 0.435 e. The van der Waals surface area contributed by atoms with Gasteiger partial charge in [-0.1, -0.05) is 0 Å². The predicted octanol–water partition coefficient (Wildman–Crippen LogP) is 1.53. The highest BCUT2D eigenvalue weighted by atomic mass is 19.4. The minimum absolute atomic E-state index is 0.00968. The minimum atomic E-state index is -4.46. The summed E-state index contributed by atoms with van der Waals surface area (Å²) >= 11 is 0. The van der Waals surface area contributed by atoms with Crippen LogP contribution in [-0.4, -0.2) is 15.3 Å². The van der Waals surface area contributed by atoms with Gasteiger partial charge in [0, 0.05) is 6.20 Å². The summed E-state index contributed by atoms with van der Waals surface area (Å²) in [5, 5.41) is 12.4. The Morgan fingerprint density at radius 2 is 2.18 bits per heavy atom. The van der Waals surface area contributed by atoms with Crippen molar-refractivity contribution in [3.05, 3.63) is 18.0 Å². The molecule has 1 saturated carbocycles. The van der Waals surface area contributed by atoms with Gasteiger partial charge in [-0.05, 0) is 24.8 Å². The van der Waals surface area contributed by atoms with E-state index in [4.69, 9.17) is 11.0 Å². The molecule has 1 atom stereocenters. The summed E-state index contributed by atoms with van der Waals surface area (Å²) in [6, 6.07) is 2.85. The maximum Gasteiger partial charge on any atom is 0.435 e. The van der Waals surface area contributed by atoms with E-state index in [9.17, 15) is 13.2 Å². The van der Waals surface area contributed by atoms with Crippen molar-refractivity contribution in [1.82, 2.24) is 9.78 Å². The van der Waals surface area contributed by atoms with Gasteiger partial charge in [-0.15, -0.1) is 0 Å². The van der Waals surface area contributed by atoms with Crippen LogP contribution >= 0.6 is 0 Å². The third kappa shape index (κ3) is 2.42. The van der Waals surface area contributed by atoms with E-state index in [0.29, 0.717) is 0 Å². The number of aromatic nitrogens is 2. The predicted molar refractivity (Wildman–Crippen MR) is 52.5 cm³/mol. The third-order valence-electron chi connectivity index (χ3n) is 2.87. The first-order valence-electron chi connectivity index (χ1n) is 5.16. The Bertz CT molecular complexity index is 455. The Labute approximate surface area is 95.8 Å². The summed E-state index contributed by atoms with van der Waals surface area (Å²) < 4.78 is 38.0. The highest BCUT2D eigenvalue weighted by Gasteiger charge is 2.43. The number of hydrogen-bond donors (Lipinski definition) is 1. The van der Waals surface area contributed by atoms with Crippen molar-refractivity contribution in [2.24, 2.45) is 11.7 Å². The van der Waals surface area contributed by atoms with Gasteiger partial charge in [0.05, 0.1) is 12.6 Å². The van der Waals surface area contributed by atoms with Crippen LogP contribution < -0.4 is 5.73 Å². The molecule has 0 amide bonds. The van der Waals surface area contributed by atoms with Gasteiger partial charge in [0.1, 0.15) is 5.54 Å². The second-order valence-electron chi connectivity index (χ2n) is 4.32. The van der Waals surface area contributed by atoms with Crippen molar-refractivity contribution in [2.75, 3.05) is 0 Å². The molecule has 1 unspecified atom stereocenters. The van der Waals surface area contributed by atoms with Gasteiger partial charge < -0.3 is 5.73 Å². The number of nitrogens with two attached hydrogens (primary N) is 1. The summed E-state index contributed by atoms with van der Waals surface area (Å²) in [7, 11) is 0. The molecule has 0 aliphatic heterocycles. The Morgan fingerprint density at radius 1 is 1.53 bits per heavy atom. The quantitative estimate of drug-likeness (QED) is 0.876. The second kappa shape index (κ2) is 3.74. The Kier molecular flexibility index (Phi) is 2.62. The average molecular weight is 244 g/mol. The van der Waals surface area contributed by atoms with E-state index in [1.165, 1.54) is 6.20 Å². The number of nitrogens with zero attached hydrogens (tertiary/aromatic N) is 3. The molecule has 0 aromatic carbocycles. The summed E-state index contributed by atoms with van der Waals surface area (Å²) in [6.07, 6.45) is -1.58. The summed E-state index contributed by atoms with van der Waals surface area (Å²) in [4.78, 5) is 0. The fourth-order valence-corrected chi connectivity index (χ4v) is 1.72. The maximum atomic E-state index is 12.3. The first-order valence-corrected chi connectivity index (χ1v) is 5.16. The third-order valence-corrected chi connectivity index (χ3v) is 2.87. The van der Waals surface area contributed by atoms with Crippen LogP contribution in [0.1, 0.15) is 18.5 Å². The summed E-state index contributed by atoms with van der Waals surface area (Å²) in [5.74, 6) is 0.0611. The van der Waals surface area contributed by atoms with E-state index in [0.717, 1.165) is 23.6 Å². The molecule has 0 bridgehead atoms. The number of alkyl halides is 3. The normalized spacial score (nSPS) is 19.7. The lowest BCUT2D eigenvalue weighted by molar-refractivity contribution is -0.141. The van der Waals surface area contributed by atoms with Crippen molar-refractivity contribution >= 4 is 0 Å². The van der Waals surface area contributed by atoms with Gasteiger partial charge in [0.2, 0.25) is 0 Å². The van der Waals surface area contributed by atoms with Crippen LogP contribution in [0.25, 0.3) is 0 Å². The maximum absolute atomic E-state index is 12.3. The van der Waals surface area contributed by atoms with E-state index >= 15 is 0 Å². The van der Waals surface area contributed by atoms with Gasteiger partial charge in [-0.25, -0.2) is 0 Å². The molecule has 2 rings (SSSR count). The molecule has 92 valence electrons. The smallest absolute Gasteiger partial charge is 0.312 e. The molecule has 0 spiro atoms. The molecule has 0 saturated heterocycles. The Morgan fingerprint density at radius 3 is 2.59 bits per heavy atom. The molecule has 0 radical (unpaired) electrons. The molecule has 4 nitrogen and oxygen atoms in total. The van der Waals surface area contributed by atoms with Crippen molar-refractivity contribution < 1.29 is 13.2 Å². The molecule has 1 heterocycles. The Balaban J connectivity index is 2.14. The summed E-state index contributed by atoms with van der Waals surface area (Å²) in [6.45, 7) is -0.00968. The topological polar surface area (TPSA) is 67.6 Å². The number of nitriles is 1. The molecule has 1 fully saturated rings. The minimum Gasteiger partial charge on any atom is -0.312 e. The first-order chi connectivity index (χ1) is 7.85. The zero-order valence-electron chi connectivity index (χ0n) is 8.91. The van der Waals surface area contributed by atoms with Crippen LogP contribution in [0, 0.1) is 17.2 Å². The van der Waals surface area contributed by atoms with Gasteiger partial charge in [-0.2, -0.15) is 23.5 Å². The standard InChI is InChI=1S/C10H11F3N4/c11-10(12,13)8-3-4-17(16-8)6-9(15,5-14)7-1-2-7/h3-4,7H,1-2,6,15H2. The zero-order chi connectivity index (χ0) is 12.7. The molecular weight excluding hydrogens is 233 g/mol. The van der Waals surface area contributed by atoms with Crippen LogP contribution in [0.3, 0.4) is 0 Å². The van der Waals surface area contributed by atoms with E-state index in [-0.39, 0.29) is 12.5 Å².